The Hall–Kier alpha value is -4.63. The van der Waals surface area contributed by atoms with Crippen molar-refractivity contribution >= 4 is 27.5 Å². The molecule has 0 aliphatic heterocycles. The van der Waals surface area contributed by atoms with Gasteiger partial charge in [0.2, 0.25) is 11.8 Å². The Kier molecular flexibility index (Phi) is 10.7. The van der Waals surface area contributed by atoms with Gasteiger partial charge in [0.05, 0.1) is 17.7 Å². The van der Waals surface area contributed by atoms with Gasteiger partial charge in [-0.05, 0) is 80.8 Å². The lowest BCUT2D eigenvalue weighted by Crippen LogP contribution is -2.56. The van der Waals surface area contributed by atoms with Crippen molar-refractivity contribution in [3.05, 3.63) is 126 Å². The summed E-state index contributed by atoms with van der Waals surface area (Å²) in [5, 5.41) is 3.05. The number of carbonyl (C=O) groups is 2. The molecule has 0 radical (unpaired) electrons. The zero-order valence-corrected chi connectivity index (χ0v) is 27.3. The Balaban J connectivity index is 1.82. The number of hydrogen-bond donors (Lipinski definition) is 1. The largest absolute Gasteiger partial charge is 0.497 e. The Morgan fingerprint density at radius 3 is 1.98 bits per heavy atom. The Morgan fingerprint density at radius 1 is 0.822 bits per heavy atom. The van der Waals surface area contributed by atoms with Crippen LogP contribution in [-0.4, -0.2) is 50.4 Å². The lowest BCUT2D eigenvalue weighted by molar-refractivity contribution is -0.140. The highest BCUT2D eigenvalue weighted by molar-refractivity contribution is 7.92. The summed E-state index contributed by atoms with van der Waals surface area (Å²) in [6.45, 7) is 7.19. The Labute approximate surface area is 266 Å². The fourth-order valence-corrected chi connectivity index (χ4v) is 6.41. The third-order valence-electron chi connectivity index (χ3n) is 7.34. The second kappa shape index (κ2) is 14.4. The second-order valence-electron chi connectivity index (χ2n) is 11.9. The fourth-order valence-electron chi connectivity index (χ4n) is 4.97. The molecule has 0 heterocycles. The number of anilines is 1. The van der Waals surface area contributed by atoms with Crippen molar-refractivity contribution in [2.75, 3.05) is 18.0 Å². The molecule has 0 saturated heterocycles. The minimum absolute atomic E-state index is 0.0467. The number of ether oxygens (including phenoxy) is 1. The highest BCUT2D eigenvalue weighted by Gasteiger charge is 2.35. The molecule has 8 nitrogen and oxygen atoms in total. The molecule has 1 atom stereocenters. The van der Waals surface area contributed by atoms with Gasteiger partial charge in [0.25, 0.3) is 10.0 Å². The van der Waals surface area contributed by atoms with E-state index in [0.717, 1.165) is 21.0 Å². The maximum atomic E-state index is 14.6. The third kappa shape index (κ3) is 8.73. The van der Waals surface area contributed by atoms with E-state index < -0.39 is 34.1 Å². The van der Waals surface area contributed by atoms with Gasteiger partial charge >= 0.3 is 0 Å². The summed E-state index contributed by atoms with van der Waals surface area (Å²) in [7, 11) is -2.65. The first-order valence-corrected chi connectivity index (χ1v) is 16.2. The van der Waals surface area contributed by atoms with E-state index in [9.17, 15) is 18.0 Å². The van der Waals surface area contributed by atoms with Crippen molar-refractivity contribution in [2.45, 2.75) is 57.1 Å². The van der Waals surface area contributed by atoms with Crippen molar-refractivity contribution in [2.24, 2.45) is 0 Å². The fraction of sp³-hybridized carbons (Fsp3) is 0.278. The number of rotatable bonds is 12. The van der Waals surface area contributed by atoms with Crippen LogP contribution in [0, 0.1) is 6.92 Å². The van der Waals surface area contributed by atoms with E-state index >= 15 is 0 Å². The maximum absolute atomic E-state index is 14.6. The number of hydrogen-bond acceptors (Lipinski definition) is 5. The number of carbonyl (C=O) groups excluding carboxylic acids is 2. The van der Waals surface area contributed by atoms with Crippen LogP contribution < -0.4 is 14.4 Å². The molecule has 0 aromatic heterocycles. The molecule has 4 aromatic rings. The van der Waals surface area contributed by atoms with E-state index in [2.05, 4.69) is 5.32 Å². The predicted molar refractivity (Wildman–Crippen MR) is 178 cm³/mol. The van der Waals surface area contributed by atoms with Crippen molar-refractivity contribution in [3.8, 4) is 5.75 Å². The van der Waals surface area contributed by atoms with E-state index in [0.29, 0.717) is 11.4 Å². The van der Waals surface area contributed by atoms with E-state index in [-0.39, 0.29) is 23.8 Å². The van der Waals surface area contributed by atoms with Gasteiger partial charge < -0.3 is 15.0 Å². The van der Waals surface area contributed by atoms with Crippen molar-refractivity contribution < 1.29 is 22.7 Å². The van der Waals surface area contributed by atoms with Crippen molar-refractivity contribution in [1.29, 1.82) is 0 Å². The average Bonchev–Trinajstić information content (AvgIpc) is 3.02. The highest BCUT2D eigenvalue weighted by Crippen LogP contribution is 2.27. The van der Waals surface area contributed by atoms with Crippen LogP contribution in [0.4, 0.5) is 5.69 Å². The molecule has 0 aliphatic rings. The molecular weight excluding hydrogens is 586 g/mol. The van der Waals surface area contributed by atoms with Gasteiger partial charge in [-0.3, -0.25) is 13.9 Å². The molecule has 0 bridgehead atoms. The summed E-state index contributed by atoms with van der Waals surface area (Å²) in [5.41, 5.74) is 2.42. The molecule has 0 fully saturated rings. The third-order valence-corrected chi connectivity index (χ3v) is 9.13. The van der Waals surface area contributed by atoms with Crippen LogP contribution >= 0.6 is 0 Å². The Morgan fingerprint density at radius 2 is 1.40 bits per heavy atom. The van der Waals surface area contributed by atoms with Gasteiger partial charge in [0, 0.05) is 18.5 Å². The van der Waals surface area contributed by atoms with E-state index in [1.165, 1.54) is 24.1 Å². The zero-order chi connectivity index (χ0) is 32.6. The van der Waals surface area contributed by atoms with Crippen LogP contribution in [0.2, 0.25) is 0 Å². The normalized spacial score (nSPS) is 12.2. The average molecular weight is 628 g/mol. The number of sulfonamides is 1. The minimum atomic E-state index is -4.17. The lowest BCUT2D eigenvalue weighted by atomic mass is 10.00. The van der Waals surface area contributed by atoms with E-state index in [4.69, 9.17) is 4.74 Å². The highest BCUT2D eigenvalue weighted by atomic mass is 32.2. The molecule has 45 heavy (non-hydrogen) atoms. The second-order valence-corrected chi connectivity index (χ2v) is 13.8. The van der Waals surface area contributed by atoms with Crippen LogP contribution in [-0.2, 0) is 32.6 Å². The molecule has 0 saturated carbocycles. The quantitative estimate of drug-likeness (QED) is 0.216. The van der Waals surface area contributed by atoms with Crippen LogP contribution in [0.25, 0.3) is 0 Å². The molecule has 9 heteroatoms. The van der Waals surface area contributed by atoms with Crippen LogP contribution in [0.5, 0.6) is 5.75 Å². The molecule has 1 N–H and O–H groups in total. The van der Waals surface area contributed by atoms with Crippen LogP contribution in [0.1, 0.15) is 37.5 Å². The summed E-state index contributed by atoms with van der Waals surface area (Å²) < 4.78 is 34.5. The van der Waals surface area contributed by atoms with Gasteiger partial charge in [-0.15, -0.1) is 0 Å². The van der Waals surface area contributed by atoms with Crippen molar-refractivity contribution in [3.63, 3.8) is 0 Å². The minimum Gasteiger partial charge on any atom is -0.497 e. The molecule has 0 unspecified atom stereocenters. The Bertz CT molecular complexity index is 1690. The first kappa shape index (κ1) is 33.3. The standard InChI is InChI=1S/C36H41N3O5S/c1-27-14-12-13-17-29(27)25-38(33(35(41)37-36(2,3)4)24-28-15-8-6-9-16-28)34(40)26-39(30-20-22-31(44-5)23-21-30)45(42,43)32-18-10-7-11-19-32/h6-23,33H,24-26H2,1-5H3,(H,37,41)/t33-/m0/s1. The molecule has 236 valence electrons. The molecule has 4 rings (SSSR count). The monoisotopic (exact) mass is 627 g/mol. The van der Waals surface area contributed by atoms with Gasteiger partial charge in [-0.1, -0.05) is 72.8 Å². The van der Waals surface area contributed by atoms with Crippen molar-refractivity contribution in [1.82, 2.24) is 10.2 Å². The maximum Gasteiger partial charge on any atom is 0.264 e. The van der Waals surface area contributed by atoms with Gasteiger partial charge in [-0.25, -0.2) is 8.42 Å². The van der Waals surface area contributed by atoms with Gasteiger partial charge in [-0.2, -0.15) is 0 Å². The molecule has 0 spiro atoms. The first-order valence-electron chi connectivity index (χ1n) is 14.8. The smallest absolute Gasteiger partial charge is 0.264 e. The summed E-state index contributed by atoms with van der Waals surface area (Å²) in [6, 6.07) is 30.7. The number of nitrogens with one attached hydrogen (secondary N) is 1. The summed E-state index contributed by atoms with van der Waals surface area (Å²) in [4.78, 5) is 30.1. The topological polar surface area (TPSA) is 96.0 Å². The molecule has 4 aromatic carbocycles. The van der Waals surface area contributed by atoms with Gasteiger partial charge in [0.1, 0.15) is 18.3 Å². The SMILES string of the molecule is COc1ccc(N(CC(=O)N(Cc2ccccc2C)[C@@H](Cc2ccccc2)C(=O)NC(C)(C)C)S(=O)(=O)c2ccccc2)cc1. The number of methoxy groups -OCH3 is 1. The summed E-state index contributed by atoms with van der Waals surface area (Å²) in [5.74, 6) is -0.293. The number of amides is 2. The van der Waals surface area contributed by atoms with Crippen LogP contribution in [0.3, 0.4) is 0 Å². The lowest BCUT2D eigenvalue weighted by Gasteiger charge is -2.35. The van der Waals surface area contributed by atoms with E-state index in [1.54, 1.807) is 42.5 Å². The zero-order valence-electron chi connectivity index (χ0n) is 26.4. The van der Waals surface area contributed by atoms with E-state index in [1.807, 2.05) is 82.3 Å². The number of aryl methyl sites for hydroxylation is 1. The first-order chi connectivity index (χ1) is 21.4. The van der Waals surface area contributed by atoms with Gasteiger partial charge in [0.15, 0.2) is 0 Å². The predicted octanol–water partition coefficient (Wildman–Crippen LogP) is 5.75. The molecule has 0 aliphatic carbocycles. The molecule has 2 amide bonds. The summed E-state index contributed by atoms with van der Waals surface area (Å²) in [6.07, 6.45) is 0.244. The molecular formula is C36H41N3O5S. The summed E-state index contributed by atoms with van der Waals surface area (Å²) >= 11 is 0. The van der Waals surface area contributed by atoms with Crippen LogP contribution in [0.15, 0.2) is 114 Å². The number of nitrogens with zero attached hydrogens (tertiary/aromatic N) is 2. The number of benzene rings is 4.